The second-order valence-corrected chi connectivity index (χ2v) is 7.36. The first-order valence-electron chi connectivity index (χ1n) is 9.78. The molecule has 2 unspecified atom stereocenters. The van der Waals surface area contributed by atoms with Crippen molar-refractivity contribution < 1.29 is 9.47 Å². The standard InChI is InChI=1S/C23H31N3O2/c1-16-8-6-7-9-18(16)19-15-20(19)25-23(24-2)26(3)13-12-17-10-11-21(27-4)22(14-17)28-5/h6-11,14,19-20H,12-13,15H2,1-5H3,(H,24,25). The lowest BCUT2D eigenvalue weighted by Gasteiger charge is -2.22. The topological polar surface area (TPSA) is 46.1 Å². The van der Waals surface area contributed by atoms with Gasteiger partial charge >= 0.3 is 0 Å². The van der Waals surface area contributed by atoms with Gasteiger partial charge in [-0.3, -0.25) is 4.99 Å². The fourth-order valence-corrected chi connectivity index (χ4v) is 3.65. The van der Waals surface area contributed by atoms with Crippen molar-refractivity contribution in [3.05, 3.63) is 59.2 Å². The third-order valence-corrected chi connectivity index (χ3v) is 5.45. The Labute approximate surface area is 168 Å². The minimum atomic E-state index is 0.461. The summed E-state index contributed by atoms with van der Waals surface area (Å²) in [5.74, 6) is 3.05. The Hall–Kier alpha value is -2.69. The number of nitrogens with one attached hydrogen (secondary N) is 1. The maximum atomic E-state index is 5.40. The molecule has 1 saturated carbocycles. The zero-order valence-corrected chi connectivity index (χ0v) is 17.5. The minimum absolute atomic E-state index is 0.461. The van der Waals surface area contributed by atoms with Crippen LogP contribution >= 0.6 is 0 Å². The van der Waals surface area contributed by atoms with Crippen LogP contribution in [0.25, 0.3) is 0 Å². The van der Waals surface area contributed by atoms with Gasteiger partial charge in [0.2, 0.25) is 0 Å². The summed E-state index contributed by atoms with van der Waals surface area (Å²) in [5.41, 5.74) is 4.03. The second-order valence-electron chi connectivity index (χ2n) is 7.36. The molecule has 2 aromatic carbocycles. The molecule has 28 heavy (non-hydrogen) atoms. The van der Waals surface area contributed by atoms with Gasteiger partial charge in [0.15, 0.2) is 17.5 Å². The van der Waals surface area contributed by atoms with Gasteiger partial charge in [0.1, 0.15) is 0 Å². The quantitative estimate of drug-likeness (QED) is 0.588. The molecule has 0 spiro atoms. The second kappa shape index (κ2) is 9.00. The number of aliphatic imine (C=N–C) groups is 1. The van der Waals surface area contributed by atoms with Crippen LogP contribution in [-0.4, -0.2) is 51.8 Å². The van der Waals surface area contributed by atoms with Gasteiger partial charge in [-0.25, -0.2) is 0 Å². The lowest BCUT2D eigenvalue weighted by Crippen LogP contribution is -2.41. The summed E-state index contributed by atoms with van der Waals surface area (Å²) < 4.78 is 10.7. The number of ether oxygens (including phenoxy) is 2. The third-order valence-electron chi connectivity index (χ3n) is 5.45. The third kappa shape index (κ3) is 4.58. The van der Waals surface area contributed by atoms with Crippen molar-refractivity contribution in [2.75, 3.05) is 34.9 Å². The van der Waals surface area contributed by atoms with Crippen LogP contribution in [0.15, 0.2) is 47.5 Å². The van der Waals surface area contributed by atoms with Gasteiger partial charge in [0, 0.05) is 32.6 Å². The molecule has 3 rings (SSSR count). The van der Waals surface area contributed by atoms with Gasteiger partial charge in [-0.2, -0.15) is 0 Å². The molecule has 1 aliphatic carbocycles. The van der Waals surface area contributed by atoms with E-state index in [4.69, 9.17) is 9.47 Å². The number of guanidine groups is 1. The van der Waals surface area contributed by atoms with Gasteiger partial charge in [-0.1, -0.05) is 30.3 Å². The molecule has 0 bridgehead atoms. The van der Waals surface area contributed by atoms with E-state index in [2.05, 4.69) is 59.5 Å². The van der Waals surface area contributed by atoms with Gasteiger partial charge < -0.3 is 19.7 Å². The first-order chi connectivity index (χ1) is 13.6. The van der Waals surface area contributed by atoms with Crippen molar-refractivity contribution in [3.8, 4) is 11.5 Å². The Kier molecular flexibility index (Phi) is 6.45. The van der Waals surface area contributed by atoms with Crippen LogP contribution in [0.3, 0.4) is 0 Å². The van der Waals surface area contributed by atoms with Crippen molar-refractivity contribution in [1.29, 1.82) is 0 Å². The molecular formula is C23H31N3O2. The van der Waals surface area contributed by atoms with E-state index in [0.29, 0.717) is 12.0 Å². The fourth-order valence-electron chi connectivity index (χ4n) is 3.65. The molecule has 2 aromatic rings. The summed E-state index contributed by atoms with van der Waals surface area (Å²) in [5, 5.41) is 3.62. The number of hydrogen-bond acceptors (Lipinski definition) is 3. The Morgan fingerprint density at radius 1 is 1.14 bits per heavy atom. The predicted octanol–water partition coefficient (Wildman–Crippen LogP) is 3.62. The van der Waals surface area contributed by atoms with Crippen molar-refractivity contribution in [2.45, 2.75) is 31.7 Å². The highest BCUT2D eigenvalue weighted by Gasteiger charge is 2.40. The van der Waals surface area contributed by atoms with E-state index >= 15 is 0 Å². The van der Waals surface area contributed by atoms with Crippen molar-refractivity contribution >= 4 is 5.96 Å². The summed E-state index contributed by atoms with van der Waals surface area (Å²) in [6, 6.07) is 15.2. The SMILES string of the molecule is CN=C(NC1CC1c1ccccc1C)N(C)CCc1ccc(OC)c(OC)c1. The van der Waals surface area contributed by atoms with Crippen LogP contribution in [0.5, 0.6) is 11.5 Å². The Morgan fingerprint density at radius 2 is 1.89 bits per heavy atom. The van der Waals surface area contributed by atoms with Crippen LogP contribution in [0.1, 0.15) is 29.0 Å². The number of nitrogens with zero attached hydrogens (tertiary/aromatic N) is 2. The van der Waals surface area contributed by atoms with E-state index in [9.17, 15) is 0 Å². The molecule has 5 heteroatoms. The molecule has 0 amide bonds. The Morgan fingerprint density at radius 3 is 2.57 bits per heavy atom. The number of rotatable bonds is 7. The van der Waals surface area contributed by atoms with Gasteiger partial charge in [0.05, 0.1) is 14.2 Å². The molecule has 1 aliphatic rings. The molecule has 150 valence electrons. The summed E-state index contributed by atoms with van der Waals surface area (Å²) >= 11 is 0. The average Bonchev–Trinajstić information content (AvgIpc) is 3.49. The Balaban J connectivity index is 1.55. The van der Waals surface area contributed by atoms with Gasteiger partial charge in [-0.05, 0) is 48.6 Å². The van der Waals surface area contributed by atoms with E-state index in [1.807, 2.05) is 19.2 Å². The lowest BCUT2D eigenvalue weighted by atomic mass is 10.0. The summed E-state index contributed by atoms with van der Waals surface area (Å²) in [6.07, 6.45) is 2.07. The maximum absolute atomic E-state index is 5.40. The first kappa shape index (κ1) is 20.1. The van der Waals surface area contributed by atoms with Crippen LogP contribution in [0.2, 0.25) is 0 Å². The molecule has 5 nitrogen and oxygen atoms in total. The van der Waals surface area contributed by atoms with Crippen LogP contribution in [0, 0.1) is 6.92 Å². The summed E-state index contributed by atoms with van der Waals surface area (Å²) in [7, 11) is 7.25. The van der Waals surface area contributed by atoms with Crippen molar-refractivity contribution in [2.24, 2.45) is 4.99 Å². The largest absolute Gasteiger partial charge is 0.493 e. The highest BCUT2D eigenvalue weighted by atomic mass is 16.5. The first-order valence-corrected chi connectivity index (χ1v) is 9.78. The number of hydrogen-bond donors (Lipinski definition) is 1. The number of benzene rings is 2. The summed E-state index contributed by atoms with van der Waals surface area (Å²) in [6.45, 7) is 3.06. The number of aryl methyl sites for hydroxylation is 1. The number of methoxy groups -OCH3 is 2. The number of likely N-dealkylation sites (N-methyl/N-ethyl adjacent to an activating group) is 1. The normalized spacial score (nSPS) is 18.5. The maximum Gasteiger partial charge on any atom is 0.193 e. The van der Waals surface area contributed by atoms with Crippen LogP contribution in [-0.2, 0) is 6.42 Å². The molecule has 1 fully saturated rings. The van der Waals surface area contributed by atoms with Crippen molar-refractivity contribution in [3.63, 3.8) is 0 Å². The zero-order chi connectivity index (χ0) is 20.1. The Bertz CT molecular complexity index is 834. The fraction of sp³-hybridized carbons (Fsp3) is 0.435. The van der Waals surface area contributed by atoms with E-state index in [-0.39, 0.29) is 0 Å². The van der Waals surface area contributed by atoms with Crippen LogP contribution in [0.4, 0.5) is 0 Å². The molecule has 0 saturated heterocycles. The van der Waals surface area contributed by atoms with Gasteiger partial charge in [0.25, 0.3) is 0 Å². The monoisotopic (exact) mass is 381 g/mol. The molecule has 0 heterocycles. The van der Waals surface area contributed by atoms with E-state index in [1.165, 1.54) is 16.7 Å². The lowest BCUT2D eigenvalue weighted by molar-refractivity contribution is 0.354. The molecule has 0 aromatic heterocycles. The molecule has 0 aliphatic heterocycles. The predicted molar refractivity (Wildman–Crippen MR) is 115 cm³/mol. The minimum Gasteiger partial charge on any atom is -0.493 e. The zero-order valence-electron chi connectivity index (χ0n) is 17.5. The highest BCUT2D eigenvalue weighted by Crippen LogP contribution is 2.42. The summed E-state index contributed by atoms with van der Waals surface area (Å²) in [4.78, 5) is 6.66. The smallest absolute Gasteiger partial charge is 0.193 e. The molecular weight excluding hydrogens is 350 g/mol. The highest BCUT2D eigenvalue weighted by molar-refractivity contribution is 5.80. The average molecular weight is 382 g/mol. The molecule has 1 N–H and O–H groups in total. The molecule has 0 radical (unpaired) electrons. The van der Waals surface area contributed by atoms with E-state index in [1.54, 1.807) is 14.2 Å². The van der Waals surface area contributed by atoms with E-state index in [0.717, 1.165) is 36.8 Å². The van der Waals surface area contributed by atoms with Crippen molar-refractivity contribution in [1.82, 2.24) is 10.2 Å². The van der Waals surface area contributed by atoms with E-state index < -0.39 is 0 Å². The van der Waals surface area contributed by atoms with Gasteiger partial charge in [-0.15, -0.1) is 0 Å². The molecule has 2 atom stereocenters. The van der Waals surface area contributed by atoms with Crippen LogP contribution < -0.4 is 14.8 Å².